The predicted octanol–water partition coefficient (Wildman–Crippen LogP) is 5.12. The average molecular weight is 500 g/mol. The number of para-hydroxylation sites is 1. The molecule has 0 radical (unpaired) electrons. The topological polar surface area (TPSA) is 89.4 Å². The zero-order valence-electron chi connectivity index (χ0n) is 21.4. The smallest absolute Gasteiger partial charge is 0.229 e. The van der Waals surface area contributed by atoms with Crippen molar-refractivity contribution in [3.05, 3.63) is 59.8 Å². The number of fused-ring (bicyclic) bond motifs is 1. The van der Waals surface area contributed by atoms with Crippen molar-refractivity contribution in [2.75, 3.05) is 55.1 Å². The van der Waals surface area contributed by atoms with Crippen LogP contribution in [0.3, 0.4) is 0 Å². The van der Waals surface area contributed by atoms with Gasteiger partial charge in [-0.2, -0.15) is 10.1 Å². The molecular formula is C28H33N7O2. The summed E-state index contributed by atoms with van der Waals surface area (Å²) in [6, 6.07) is 14.9. The van der Waals surface area contributed by atoms with Crippen molar-refractivity contribution in [3.63, 3.8) is 0 Å². The largest absolute Gasteiger partial charge is 0.381 e. The normalized spacial score (nSPS) is 16.8. The zero-order valence-corrected chi connectivity index (χ0v) is 21.4. The number of hydrogen-bond donors (Lipinski definition) is 2. The van der Waals surface area contributed by atoms with Crippen LogP contribution in [0.5, 0.6) is 0 Å². The Morgan fingerprint density at radius 2 is 1.57 bits per heavy atom. The van der Waals surface area contributed by atoms with E-state index in [4.69, 9.17) is 19.6 Å². The average Bonchev–Trinajstić information content (AvgIpc) is 3.30. The number of ether oxygens (including phenoxy) is 2. The monoisotopic (exact) mass is 499 g/mol. The molecule has 4 aromatic rings. The summed E-state index contributed by atoms with van der Waals surface area (Å²) < 4.78 is 13.1. The number of anilines is 5. The lowest BCUT2D eigenvalue weighted by Crippen LogP contribution is -2.36. The van der Waals surface area contributed by atoms with Gasteiger partial charge in [-0.1, -0.05) is 18.2 Å². The maximum absolute atomic E-state index is 5.61. The second-order valence-electron chi connectivity index (χ2n) is 9.73. The lowest BCUT2D eigenvalue weighted by molar-refractivity contribution is 0.0674. The highest BCUT2D eigenvalue weighted by Gasteiger charge is 2.23. The van der Waals surface area contributed by atoms with Crippen LogP contribution < -0.4 is 15.5 Å². The first-order valence-corrected chi connectivity index (χ1v) is 13.0. The Labute approximate surface area is 216 Å². The van der Waals surface area contributed by atoms with Crippen molar-refractivity contribution < 1.29 is 9.47 Å². The van der Waals surface area contributed by atoms with Crippen LogP contribution in [0.1, 0.15) is 30.0 Å². The molecule has 2 N–H and O–H groups in total. The van der Waals surface area contributed by atoms with Crippen LogP contribution in [0.4, 0.5) is 28.8 Å². The highest BCUT2D eigenvalue weighted by atomic mass is 16.5. The number of benzene rings is 2. The molecule has 0 bridgehead atoms. The van der Waals surface area contributed by atoms with E-state index in [1.807, 2.05) is 6.20 Å². The van der Waals surface area contributed by atoms with Crippen LogP contribution in [0.25, 0.3) is 11.0 Å². The van der Waals surface area contributed by atoms with Gasteiger partial charge in [0, 0.05) is 49.6 Å². The van der Waals surface area contributed by atoms with Crippen LogP contribution >= 0.6 is 0 Å². The van der Waals surface area contributed by atoms with Gasteiger partial charge in [-0.15, -0.1) is 0 Å². The molecule has 0 saturated carbocycles. The highest BCUT2D eigenvalue weighted by Crippen LogP contribution is 2.33. The number of nitrogens with zero attached hydrogens (tertiary/aromatic N) is 5. The van der Waals surface area contributed by atoms with E-state index in [0.29, 0.717) is 5.95 Å². The van der Waals surface area contributed by atoms with Gasteiger partial charge in [0.15, 0.2) is 11.5 Å². The number of morpholine rings is 1. The van der Waals surface area contributed by atoms with Gasteiger partial charge in [-0.25, -0.2) is 9.67 Å². The Hall–Kier alpha value is -3.69. The fourth-order valence-electron chi connectivity index (χ4n) is 5.10. The molecule has 2 aromatic heterocycles. The molecule has 2 saturated heterocycles. The summed E-state index contributed by atoms with van der Waals surface area (Å²) in [4.78, 5) is 11.9. The maximum atomic E-state index is 5.61. The van der Waals surface area contributed by atoms with E-state index in [1.54, 1.807) is 0 Å². The van der Waals surface area contributed by atoms with Crippen LogP contribution in [-0.2, 0) is 9.47 Å². The minimum Gasteiger partial charge on any atom is -0.381 e. The molecule has 0 spiro atoms. The molecule has 37 heavy (non-hydrogen) atoms. The Morgan fingerprint density at radius 3 is 2.30 bits per heavy atom. The summed E-state index contributed by atoms with van der Waals surface area (Å²) in [7, 11) is 0. The van der Waals surface area contributed by atoms with Crippen molar-refractivity contribution >= 4 is 39.9 Å². The molecule has 6 rings (SSSR count). The van der Waals surface area contributed by atoms with Gasteiger partial charge in [-0.05, 0) is 62.1 Å². The molecule has 0 aliphatic carbocycles. The fraction of sp³-hybridized carbons (Fsp3) is 0.393. The number of hydrogen-bond acceptors (Lipinski definition) is 8. The maximum Gasteiger partial charge on any atom is 0.229 e. The van der Waals surface area contributed by atoms with Crippen molar-refractivity contribution in [2.24, 2.45) is 0 Å². The van der Waals surface area contributed by atoms with E-state index in [-0.39, 0.29) is 6.04 Å². The van der Waals surface area contributed by atoms with Crippen LogP contribution in [0.2, 0.25) is 0 Å². The molecule has 2 aliphatic rings. The minimum absolute atomic E-state index is 0.236. The molecule has 9 heteroatoms. The Bertz CT molecular complexity index is 1350. The van der Waals surface area contributed by atoms with E-state index in [2.05, 4.69) is 81.5 Å². The first-order chi connectivity index (χ1) is 18.2. The number of aryl methyl sites for hydroxylation is 2. The van der Waals surface area contributed by atoms with Gasteiger partial charge in [0.2, 0.25) is 5.95 Å². The molecule has 0 unspecified atom stereocenters. The molecule has 2 aliphatic heterocycles. The first-order valence-electron chi connectivity index (χ1n) is 13.0. The van der Waals surface area contributed by atoms with E-state index in [1.165, 1.54) is 16.8 Å². The summed E-state index contributed by atoms with van der Waals surface area (Å²) in [6.45, 7) is 9.06. The van der Waals surface area contributed by atoms with E-state index in [9.17, 15) is 0 Å². The Kier molecular flexibility index (Phi) is 6.63. The van der Waals surface area contributed by atoms with E-state index < -0.39 is 0 Å². The van der Waals surface area contributed by atoms with Crippen LogP contribution in [-0.4, -0.2) is 59.3 Å². The van der Waals surface area contributed by atoms with E-state index in [0.717, 1.165) is 80.6 Å². The SMILES string of the molecule is Cc1cccc(C)c1Nc1nn(C2CCOCC2)c2nc(Nc3ccc(N4CCOCC4)cc3)ncc12. The van der Waals surface area contributed by atoms with Crippen LogP contribution in [0, 0.1) is 13.8 Å². The summed E-state index contributed by atoms with van der Waals surface area (Å²) in [5.74, 6) is 1.33. The molecular weight excluding hydrogens is 466 g/mol. The second-order valence-corrected chi connectivity index (χ2v) is 9.73. The molecule has 0 atom stereocenters. The first kappa shape index (κ1) is 23.7. The van der Waals surface area contributed by atoms with Crippen molar-refractivity contribution in [1.29, 1.82) is 0 Å². The van der Waals surface area contributed by atoms with Gasteiger partial charge in [0.25, 0.3) is 0 Å². The molecule has 0 amide bonds. The van der Waals surface area contributed by atoms with E-state index >= 15 is 0 Å². The number of aromatic nitrogens is 4. The summed E-state index contributed by atoms with van der Waals surface area (Å²) in [5, 5.41) is 12.9. The Balaban J connectivity index is 1.31. The molecule has 2 fully saturated rings. The Morgan fingerprint density at radius 1 is 0.865 bits per heavy atom. The number of nitrogens with one attached hydrogen (secondary N) is 2. The minimum atomic E-state index is 0.236. The quantitative estimate of drug-likeness (QED) is 0.378. The van der Waals surface area contributed by atoms with Gasteiger partial charge in [-0.3, -0.25) is 0 Å². The van der Waals surface area contributed by atoms with Gasteiger partial charge in [0.1, 0.15) is 0 Å². The molecule has 2 aromatic carbocycles. The summed E-state index contributed by atoms with van der Waals surface area (Å²) in [5.41, 5.74) is 6.39. The lowest BCUT2D eigenvalue weighted by Gasteiger charge is -2.28. The predicted molar refractivity (Wildman–Crippen MR) is 146 cm³/mol. The molecule has 192 valence electrons. The lowest BCUT2D eigenvalue weighted by atomic mass is 10.1. The highest BCUT2D eigenvalue weighted by molar-refractivity contribution is 5.90. The summed E-state index contributed by atoms with van der Waals surface area (Å²) in [6.07, 6.45) is 3.69. The van der Waals surface area contributed by atoms with Gasteiger partial charge < -0.3 is 25.0 Å². The third kappa shape index (κ3) is 4.97. The van der Waals surface area contributed by atoms with Crippen molar-refractivity contribution in [2.45, 2.75) is 32.7 Å². The summed E-state index contributed by atoms with van der Waals surface area (Å²) >= 11 is 0. The van der Waals surface area contributed by atoms with Crippen LogP contribution in [0.15, 0.2) is 48.7 Å². The van der Waals surface area contributed by atoms with Gasteiger partial charge >= 0.3 is 0 Å². The number of rotatable bonds is 6. The second kappa shape index (κ2) is 10.4. The van der Waals surface area contributed by atoms with Gasteiger partial charge in [0.05, 0.1) is 24.6 Å². The third-order valence-electron chi connectivity index (χ3n) is 7.21. The van der Waals surface area contributed by atoms with Crippen molar-refractivity contribution in [3.8, 4) is 0 Å². The third-order valence-corrected chi connectivity index (χ3v) is 7.21. The molecule has 9 nitrogen and oxygen atoms in total. The standard InChI is InChI=1S/C28H33N7O2/c1-19-4-3-5-20(2)25(19)31-26-24-18-29-28(32-27(24)35(33-26)23-10-14-36-15-11-23)30-21-6-8-22(9-7-21)34-12-16-37-17-13-34/h3-9,18,23H,10-17H2,1-2H3,(H,31,33)(H,29,30,32). The zero-order chi connectivity index (χ0) is 25.2. The fourth-order valence-corrected chi connectivity index (χ4v) is 5.10. The van der Waals surface area contributed by atoms with Crippen molar-refractivity contribution in [1.82, 2.24) is 19.7 Å². The molecule has 4 heterocycles.